The molecular weight excluding hydrogens is 238 g/mol. The Hall–Kier alpha value is -1.77. The summed E-state index contributed by atoms with van der Waals surface area (Å²) in [6.45, 7) is 4.04. The van der Waals surface area contributed by atoms with Crippen molar-refractivity contribution in [2.24, 2.45) is 5.92 Å². The average Bonchev–Trinajstić information content (AvgIpc) is 2.89. The molecule has 19 heavy (non-hydrogen) atoms. The Morgan fingerprint density at radius 3 is 2.68 bits per heavy atom. The number of fused-ring (bicyclic) bond motifs is 1. The first-order valence-corrected chi connectivity index (χ1v) is 6.90. The van der Waals surface area contributed by atoms with E-state index in [0.717, 1.165) is 30.6 Å². The van der Waals surface area contributed by atoms with Gasteiger partial charge in [0.2, 0.25) is 0 Å². The first kappa shape index (κ1) is 12.3. The van der Waals surface area contributed by atoms with Crippen molar-refractivity contribution in [1.82, 2.24) is 0 Å². The smallest absolute Gasteiger partial charge is 0.333 e. The van der Waals surface area contributed by atoms with Crippen molar-refractivity contribution in [3.05, 3.63) is 41.1 Å². The van der Waals surface area contributed by atoms with E-state index in [-0.39, 0.29) is 5.92 Å². The molecule has 2 aliphatic rings. The highest BCUT2D eigenvalue weighted by Gasteiger charge is 2.45. The third kappa shape index (κ3) is 1.76. The Morgan fingerprint density at radius 2 is 2.00 bits per heavy atom. The van der Waals surface area contributed by atoms with Crippen LogP contribution in [-0.4, -0.2) is 17.1 Å². The SMILES string of the molecule is CC1=C(C(=O)O)C2CCCC2N1c1ccccc1C. The van der Waals surface area contributed by atoms with Crippen LogP contribution in [0.2, 0.25) is 0 Å². The van der Waals surface area contributed by atoms with Gasteiger partial charge in [0.05, 0.1) is 5.57 Å². The van der Waals surface area contributed by atoms with Crippen LogP contribution in [0.3, 0.4) is 0 Å². The second kappa shape index (κ2) is 4.41. The molecule has 1 saturated carbocycles. The molecule has 2 unspecified atom stereocenters. The van der Waals surface area contributed by atoms with Gasteiger partial charge in [0.25, 0.3) is 0 Å². The summed E-state index contributed by atoms with van der Waals surface area (Å²) in [5, 5.41) is 9.48. The third-order valence-electron chi connectivity index (χ3n) is 4.54. The first-order chi connectivity index (χ1) is 9.11. The molecule has 0 saturated heterocycles. The molecule has 0 amide bonds. The van der Waals surface area contributed by atoms with E-state index < -0.39 is 5.97 Å². The molecule has 0 spiro atoms. The lowest BCUT2D eigenvalue weighted by Crippen LogP contribution is -2.31. The maximum Gasteiger partial charge on any atom is 0.333 e. The highest BCUT2D eigenvalue weighted by molar-refractivity contribution is 5.91. The predicted octanol–water partition coefficient (Wildman–Crippen LogP) is 3.34. The lowest BCUT2D eigenvalue weighted by Gasteiger charge is -2.29. The van der Waals surface area contributed by atoms with Crippen LogP contribution in [0.15, 0.2) is 35.5 Å². The third-order valence-corrected chi connectivity index (χ3v) is 4.54. The zero-order valence-corrected chi connectivity index (χ0v) is 11.4. The Morgan fingerprint density at radius 1 is 1.26 bits per heavy atom. The number of para-hydroxylation sites is 1. The number of carboxylic acids is 1. The zero-order valence-electron chi connectivity index (χ0n) is 11.4. The molecule has 0 aromatic heterocycles. The number of hydrogen-bond acceptors (Lipinski definition) is 2. The van der Waals surface area contributed by atoms with Crippen LogP contribution >= 0.6 is 0 Å². The fraction of sp³-hybridized carbons (Fsp3) is 0.438. The number of aryl methyl sites for hydroxylation is 1. The van der Waals surface area contributed by atoms with Crippen molar-refractivity contribution in [3.63, 3.8) is 0 Å². The van der Waals surface area contributed by atoms with Crippen LogP contribution in [0, 0.1) is 12.8 Å². The Balaban J connectivity index is 2.11. The van der Waals surface area contributed by atoms with Gasteiger partial charge in [0.1, 0.15) is 0 Å². The van der Waals surface area contributed by atoms with Crippen molar-refractivity contribution in [1.29, 1.82) is 0 Å². The molecule has 1 aromatic rings. The molecule has 1 aliphatic carbocycles. The van der Waals surface area contributed by atoms with Crippen molar-refractivity contribution < 1.29 is 9.90 Å². The summed E-state index contributed by atoms with van der Waals surface area (Å²) >= 11 is 0. The second-order valence-electron chi connectivity index (χ2n) is 5.57. The minimum absolute atomic E-state index is 0.206. The normalized spacial score (nSPS) is 25.9. The van der Waals surface area contributed by atoms with Crippen LogP contribution in [-0.2, 0) is 4.79 Å². The summed E-state index contributed by atoms with van der Waals surface area (Å²) in [4.78, 5) is 13.8. The summed E-state index contributed by atoms with van der Waals surface area (Å²) < 4.78 is 0. The number of nitrogens with zero attached hydrogens (tertiary/aromatic N) is 1. The van der Waals surface area contributed by atoms with Crippen LogP contribution in [0.25, 0.3) is 0 Å². The number of aliphatic carboxylic acids is 1. The molecule has 3 rings (SSSR count). The molecule has 3 nitrogen and oxygen atoms in total. The number of hydrogen-bond donors (Lipinski definition) is 1. The monoisotopic (exact) mass is 257 g/mol. The van der Waals surface area contributed by atoms with Gasteiger partial charge in [-0.3, -0.25) is 0 Å². The fourth-order valence-corrected chi connectivity index (χ4v) is 3.74. The summed E-state index contributed by atoms with van der Waals surface area (Å²) in [5.41, 5.74) is 3.93. The fourth-order valence-electron chi connectivity index (χ4n) is 3.74. The molecule has 1 aromatic carbocycles. The Bertz CT molecular complexity index is 562. The van der Waals surface area contributed by atoms with E-state index in [4.69, 9.17) is 0 Å². The molecule has 1 aliphatic heterocycles. The Kier molecular flexibility index (Phi) is 2.85. The van der Waals surface area contributed by atoms with E-state index in [9.17, 15) is 9.90 Å². The summed E-state index contributed by atoms with van der Waals surface area (Å²) in [7, 11) is 0. The molecule has 1 N–H and O–H groups in total. The van der Waals surface area contributed by atoms with E-state index in [1.807, 2.05) is 19.1 Å². The number of rotatable bonds is 2. The topological polar surface area (TPSA) is 40.5 Å². The van der Waals surface area contributed by atoms with Gasteiger partial charge in [-0.1, -0.05) is 24.6 Å². The van der Waals surface area contributed by atoms with E-state index >= 15 is 0 Å². The summed E-state index contributed by atoms with van der Waals surface area (Å²) in [5.74, 6) is -0.539. The van der Waals surface area contributed by atoms with Crippen molar-refractivity contribution in [2.45, 2.75) is 39.2 Å². The summed E-state index contributed by atoms with van der Waals surface area (Å²) in [6, 6.07) is 8.58. The molecule has 0 radical (unpaired) electrons. The maximum atomic E-state index is 11.5. The lowest BCUT2D eigenvalue weighted by atomic mass is 9.97. The first-order valence-electron chi connectivity index (χ1n) is 6.90. The van der Waals surface area contributed by atoms with Gasteiger partial charge in [-0.25, -0.2) is 4.79 Å². The number of anilines is 1. The highest BCUT2D eigenvalue weighted by atomic mass is 16.4. The van der Waals surface area contributed by atoms with Crippen LogP contribution in [0.5, 0.6) is 0 Å². The predicted molar refractivity (Wildman–Crippen MR) is 75.1 cm³/mol. The van der Waals surface area contributed by atoms with Crippen LogP contribution in [0.4, 0.5) is 5.69 Å². The number of carbonyl (C=O) groups is 1. The average molecular weight is 257 g/mol. The van der Waals surface area contributed by atoms with E-state index in [1.165, 1.54) is 5.56 Å². The maximum absolute atomic E-state index is 11.5. The standard InChI is InChI=1S/C16H19NO2/c1-10-6-3-4-8-13(10)17-11(2)15(16(18)19)12-7-5-9-14(12)17/h3-4,6,8,12,14H,5,7,9H2,1-2H3,(H,18,19). The van der Waals surface area contributed by atoms with Gasteiger partial charge in [0.15, 0.2) is 0 Å². The van der Waals surface area contributed by atoms with Gasteiger partial charge in [-0.05, 0) is 38.3 Å². The molecule has 2 atom stereocenters. The second-order valence-corrected chi connectivity index (χ2v) is 5.57. The highest BCUT2D eigenvalue weighted by Crippen LogP contribution is 2.46. The lowest BCUT2D eigenvalue weighted by molar-refractivity contribution is -0.133. The van der Waals surface area contributed by atoms with Crippen LogP contribution in [0.1, 0.15) is 31.7 Å². The number of carboxylic acid groups (broad SMARTS) is 1. The molecule has 3 heteroatoms. The molecular formula is C16H19NO2. The quantitative estimate of drug-likeness (QED) is 0.883. The summed E-state index contributed by atoms with van der Waals surface area (Å²) in [6.07, 6.45) is 3.22. The molecule has 1 fully saturated rings. The molecule has 0 bridgehead atoms. The number of allylic oxidation sites excluding steroid dienone is 1. The van der Waals surface area contributed by atoms with Gasteiger partial charge >= 0.3 is 5.97 Å². The van der Waals surface area contributed by atoms with E-state index in [2.05, 4.69) is 24.0 Å². The van der Waals surface area contributed by atoms with Gasteiger partial charge < -0.3 is 10.0 Å². The molecule has 100 valence electrons. The van der Waals surface area contributed by atoms with Gasteiger partial charge in [-0.2, -0.15) is 0 Å². The van der Waals surface area contributed by atoms with Gasteiger partial charge in [0, 0.05) is 23.3 Å². The van der Waals surface area contributed by atoms with Crippen molar-refractivity contribution in [3.8, 4) is 0 Å². The Labute approximate surface area is 113 Å². The van der Waals surface area contributed by atoms with Crippen molar-refractivity contribution in [2.75, 3.05) is 4.90 Å². The zero-order chi connectivity index (χ0) is 13.6. The van der Waals surface area contributed by atoms with E-state index in [1.54, 1.807) is 0 Å². The van der Waals surface area contributed by atoms with Crippen molar-refractivity contribution >= 4 is 11.7 Å². The van der Waals surface area contributed by atoms with Gasteiger partial charge in [-0.15, -0.1) is 0 Å². The minimum atomic E-state index is -0.745. The van der Waals surface area contributed by atoms with E-state index in [0.29, 0.717) is 11.6 Å². The van der Waals surface area contributed by atoms with Crippen LogP contribution < -0.4 is 4.90 Å². The molecule has 1 heterocycles. The largest absolute Gasteiger partial charge is 0.478 e. The minimum Gasteiger partial charge on any atom is -0.478 e. The number of benzene rings is 1.